The van der Waals surface area contributed by atoms with Gasteiger partial charge in [-0.05, 0) is 6.92 Å². The Hall–Kier alpha value is -1.24. The van der Waals surface area contributed by atoms with Crippen molar-refractivity contribution in [3.8, 4) is 6.07 Å². The zero-order valence-corrected chi connectivity index (χ0v) is 5.34. The van der Waals surface area contributed by atoms with E-state index in [-0.39, 0.29) is 0 Å². The van der Waals surface area contributed by atoms with Gasteiger partial charge in [-0.25, -0.2) is 4.79 Å². The van der Waals surface area contributed by atoms with Crippen LogP contribution in [0.1, 0.15) is 6.92 Å². The molecule has 0 radical (unpaired) electrons. The molecule has 4 nitrogen and oxygen atoms in total. The lowest BCUT2D eigenvalue weighted by Gasteiger charge is -2.02. The van der Waals surface area contributed by atoms with E-state index in [2.05, 4.69) is 10.1 Å². The number of methoxy groups -OCH3 is 1. The zero-order valence-electron chi connectivity index (χ0n) is 5.34. The SMILES string of the molecule is COC(=O)N[C@H](C)C#N. The normalized spacial score (nSPS) is 11.2. The minimum Gasteiger partial charge on any atom is -0.453 e. The molecule has 50 valence electrons. The van der Waals surface area contributed by atoms with Gasteiger partial charge < -0.3 is 10.1 Å². The van der Waals surface area contributed by atoms with E-state index >= 15 is 0 Å². The zero-order chi connectivity index (χ0) is 7.28. The van der Waals surface area contributed by atoms with Gasteiger partial charge in [0.15, 0.2) is 0 Å². The van der Waals surface area contributed by atoms with Crippen LogP contribution in [0.2, 0.25) is 0 Å². The van der Waals surface area contributed by atoms with Crippen molar-refractivity contribution in [2.75, 3.05) is 7.11 Å². The maximum atomic E-state index is 10.3. The first-order chi connectivity index (χ1) is 4.20. The summed E-state index contributed by atoms with van der Waals surface area (Å²) in [5, 5.41) is 10.4. The van der Waals surface area contributed by atoms with Gasteiger partial charge in [0.1, 0.15) is 6.04 Å². The average Bonchev–Trinajstić information content (AvgIpc) is 1.87. The molecule has 1 N–H and O–H groups in total. The van der Waals surface area contributed by atoms with Gasteiger partial charge in [0, 0.05) is 0 Å². The minimum absolute atomic E-state index is 0.488. The van der Waals surface area contributed by atoms with Crippen LogP contribution in [0.25, 0.3) is 0 Å². The van der Waals surface area contributed by atoms with E-state index in [1.807, 2.05) is 6.07 Å². The number of alkyl carbamates (subject to hydrolysis) is 1. The molecule has 1 amide bonds. The van der Waals surface area contributed by atoms with Gasteiger partial charge in [-0.3, -0.25) is 0 Å². The predicted octanol–water partition coefficient (Wildman–Crippen LogP) is 0.254. The van der Waals surface area contributed by atoms with Crippen LogP contribution in [0, 0.1) is 11.3 Å². The van der Waals surface area contributed by atoms with Crippen LogP contribution >= 0.6 is 0 Å². The van der Waals surface area contributed by atoms with Crippen molar-refractivity contribution in [2.24, 2.45) is 0 Å². The predicted molar refractivity (Wildman–Crippen MR) is 30.6 cm³/mol. The molecule has 0 saturated heterocycles. The van der Waals surface area contributed by atoms with Crippen molar-refractivity contribution in [1.82, 2.24) is 5.32 Å². The fourth-order valence-corrected chi connectivity index (χ4v) is 0.268. The van der Waals surface area contributed by atoms with E-state index in [9.17, 15) is 4.79 Å². The molecular formula is C5H8N2O2. The maximum Gasteiger partial charge on any atom is 0.407 e. The maximum absolute atomic E-state index is 10.3. The largest absolute Gasteiger partial charge is 0.453 e. The molecule has 0 aromatic rings. The number of amides is 1. The first-order valence-electron chi connectivity index (χ1n) is 2.44. The Morgan fingerprint density at radius 1 is 1.89 bits per heavy atom. The summed E-state index contributed by atoms with van der Waals surface area (Å²) >= 11 is 0. The lowest BCUT2D eigenvalue weighted by molar-refractivity contribution is 0.169. The summed E-state index contributed by atoms with van der Waals surface area (Å²) in [6.07, 6.45) is -0.580. The fraction of sp³-hybridized carbons (Fsp3) is 0.600. The van der Waals surface area contributed by atoms with Gasteiger partial charge in [-0.1, -0.05) is 0 Å². The molecule has 0 bridgehead atoms. The van der Waals surface area contributed by atoms with E-state index in [1.54, 1.807) is 6.92 Å². The standard InChI is InChI=1S/C5H8N2O2/c1-4(3-6)7-5(8)9-2/h4H,1-2H3,(H,7,8)/t4-/m1/s1. The van der Waals surface area contributed by atoms with Crippen molar-refractivity contribution >= 4 is 6.09 Å². The third-order valence-electron chi connectivity index (χ3n) is 0.713. The summed E-state index contributed by atoms with van der Waals surface area (Å²) in [5.41, 5.74) is 0. The Balaban J connectivity index is 3.50. The summed E-state index contributed by atoms with van der Waals surface area (Å²) in [5.74, 6) is 0. The van der Waals surface area contributed by atoms with Gasteiger partial charge >= 0.3 is 6.09 Å². The van der Waals surface area contributed by atoms with Crippen molar-refractivity contribution in [2.45, 2.75) is 13.0 Å². The van der Waals surface area contributed by atoms with Gasteiger partial charge in [-0.15, -0.1) is 0 Å². The topological polar surface area (TPSA) is 62.1 Å². The minimum atomic E-state index is -0.580. The van der Waals surface area contributed by atoms with Crippen molar-refractivity contribution < 1.29 is 9.53 Å². The van der Waals surface area contributed by atoms with Crippen molar-refractivity contribution in [3.05, 3.63) is 0 Å². The first kappa shape index (κ1) is 7.76. The molecule has 0 rings (SSSR count). The molecule has 0 spiro atoms. The number of hydrogen-bond donors (Lipinski definition) is 1. The molecule has 0 aliphatic heterocycles. The van der Waals surface area contributed by atoms with Crippen LogP contribution in [0.15, 0.2) is 0 Å². The molecule has 0 aromatic carbocycles. The van der Waals surface area contributed by atoms with Gasteiger partial charge in [-0.2, -0.15) is 5.26 Å². The fourth-order valence-electron chi connectivity index (χ4n) is 0.268. The molecule has 0 aliphatic carbocycles. The number of nitrogens with zero attached hydrogens (tertiary/aromatic N) is 1. The second kappa shape index (κ2) is 3.72. The van der Waals surface area contributed by atoms with Crippen LogP contribution in [-0.2, 0) is 4.74 Å². The molecule has 0 aliphatic rings. The van der Waals surface area contributed by atoms with Crippen LogP contribution < -0.4 is 5.32 Å². The first-order valence-corrected chi connectivity index (χ1v) is 2.44. The Kier molecular flexibility index (Phi) is 3.21. The van der Waals surface area contributed by atoms with Crippen molar-refractivity contribution in [3.63, 3.8) is 0 Å². The quantitative estimate of drug-likeness (QED) is 0.550. The summed E-state index contributed by atoms with van der Waals surface area (Å²) < 4.78 is 4.22. The van der Waals surface area contributed by atoms with E-state index in [0.717, 1.165) is 0 Å². The molecule has 1 atom stereocenters. The van der Waals surface area contributed by atoms with E-state index in [4.69, 9.17) is 5.26 Å². The average molecular weight is 128 g/mol. The van der Waals surface area contributed by atoms with Crippen LogP contribution in [-0.4, -0.2) is 19.2 Å². The van der Waals surface area contributed by atoms with Crippen LogP contribution in [0.5, 0.6) is 0 Å². The number of carbonyl (C=O) groups excluding carboxylic acids is 1. The third-order valence-corrected chi connectivity index (χ3v) is 0.713. The molecule has 0 unspecified atom stereocenters. The Labute approximate surface area is 53.4 Å². The monoisotopic (exact) mass is 128 g/mol. The van der Waals surface area contributed by atoms with Gasteiger partial charge in [0.05, 0.1) is 13.2 Å². The summed E-state index contributed by atoms with van der Waals surface area (Å²) in [6.45, 7) is 1.57. The molecule has 0 heterocycles. The van der Waals surface area contributed by atoms with Gasteiger partial charge in [0.25, 0.3) is 0 Å². The number of hydrogen-bond acceptors (Lipinski definition) is 3. The van der Waals surface area contributed by atoms with E-state index < -0.39 is 12.1 Å². The van der Waals surface area contributed by atoms with E-state index in [0.29, 0.717) is 0 Å². The Bertz CT molecular complexity index is 138. The number of rotatable bonds is 1. The number of nitriles is 1. The van der Waals surface area contributed by atoms with E-state index in [1.165, 1.54) is 7.11 Å². The highest BCUT2D eigenvalue weighted by Crippen LogP contribution is 1.77. The summed E-state index contributed by atoms with van der Waals surface area (Å²) in [4.78, 5) is 10.3. The lowest BCUT2D eigenvalue weighted by Crippen LogP contribution is -2.30. The molecule has 4 heteroatoms. The molecule has 0 fully saturated rings. The smallest absolute Gasteiger partial charge is 0.407 e. The highest BCUT2D eigenvalue weighted by Gasteiger charge is 2.02. The second-order valence-corrected chi connectivity index (χ2v) is 1.49. The molecular weight excluding hydrogens is 120 g/mol. The Morgan fingerprint density at radius 2 is 2.44 bits per heavy atom. The number of carbonyl (C=O) groups is 1. The summed E-state index contributed by atoms with van der Waals surface area (Å²) in [6, 6.07) is 1.33. The molecule has 9 heavy (non-hydrogen) atoms. The second-order valence-electron chi connectivity index (χ2n) is 1.49. The van der Waals surface area contributed by atoms with Crippen LogP contribution in [0.4, 0.5) is 4.79 Å². The lowest BCUT2D eigenvalue weighted by atomic mass is 10.4. The van der Waals surface area contributed by atoms with Gasteiger partial charge in [0.2, 0.25) is 0 Å². The molecule has 0 saturated carbocycles. The third kappa shape index (κ3) is 3.35. The highest BCUT2D eigenvalue weighted by atomic mass is 16.5. The molecule has 0 aromatic heterocycles. The Morgan fingerprint density at radius 3 is 2.78 bits per heavy atom. The van der Waals surface area contributed by atoms with Crippen LogP contribution in [0.3, 0.4) is 0 Å². The summed E-state index contributed by atoms with van der Waals surface area (Å²) in [7, 11) is 1.25. The number of nitrogens with one attached hydrogen (secondary N) is 1. The van der Waals surface area contributed by atoms with Crippen molar-refractivity contribution in [1.29, 1.82) is 5.26 Å². The number of ether oxygens (including phenoxy) is 1. The highest BCUT2D eigenvalue weighted by molar-refractivity contribution is 5.67.